The Balaban J connectivity index is 1.98. The van der Waals surface area contributed by atoms with E-state index >= 15 is 0 Å². The third kappa shape index (κ3) is 2.19. The van der Waals surface area contributed by atoms with Crippen LogP contribution in [0.15, 0.2) is 48.7 Å². The second-order valence-electron chi connectivity index (χ2n) is 5.25. The Hall–Kier alpha value is -2.53. The van der Waals surface area contributed by atoms with E-state index in [0.29, 0.717) is 5.56 Å². The summed E-state index contributed by atoms with van der Waals surface area (Å²) in [6, 6.07) is 16.7. The molecule has 1 aromatic heterocycles. The van der Waals surface area contributed by atoms with Crippen LogP contribution >= 0.6 is 0 Å². The summed E-state index contributed by atoms with van der Waals surface area (Å²) in [6.45, 7) is 5.13. The lowest BCUT2D eigenvalue weighted by Crippen LogP contribution is -1.98. The van der Waals surface area contributed by atoms with Crippen molar-refractivity contribution in [2.24, 2.45) is 0 Å². The fraction of sp³-hybridized carbons (Fsp3) is 0.167. The summed E-state index contributed by atoms with van der Waals surface area (Å²) in [5.41, 5.74) is 5.83. The maximum atomic E-state index is 8.94. The Bertz CT molecular complexity index is 819. The van der Waals surface area contributed by atoms with Gasteiger partial charge in [-0.05, 0) is 54.8 Å². The normalized spacial score (nSPS) is 10.7. The molecule has 0 aliphatic rings. The molecule has 0 aliphatic carbocycles. The maximum Gasteiger partial charge on any atom is 0.0991 e. The van der Waals surface area contributed by atoms with Crippen LogP contribution in [0.3, 0.4) is 0 Å². The molecule has 0 atom stereocenters. The van der Waals surface area contributed by atoms with Gasteiger partial charge in [0.25, 0.3) is 0 Å². The number of aryl methyl sites for hydroxylation is 2. The quantitative estimate of drug-likeness (QED) is 0.679. The van der Waals surface area contributed by atoms with Crippen LogP contribution < -0.4 is 0 Å². The van der Waals surface area contributed by atoms with E-state index in [1.165, 1.54) is 22.2 Å². The standard InChI is InChI=1S/C18H16N2/c1-13-3-4-16(9-14(13)2)12-20-8-7-17-10-15(11-19)5-6-18(17)20/h3-10H,12H2,1-2H3. The summed E-state index contributed by atoms with van der Waals surface area (Å²) < 4.78 is 2.22. The van der Waals surface area contributed by atoms with Gasteiger partial charge in [0.15, 0.2) is 0 Å². The molecule has 0 saturated heterocycles. The Labute approximate surface area is 118 Å². The smallest absolute Gasteiger partial charge is 0.0991 e. The second-order valence-corrected chi connectivity index (χ2v) is 5.25. The van der Waals surface area contributed by atoms with Gasteiger partial charge in [0.05, 0.1) is 11.6 Å². The molecule has 20 heavy (non-hydrogen) atoms. The van der Waals surface area contributed by atoms with Gasteiger partial charge in [0, 0.05) is 23.6 Å². The molecule has 1 heterocycles. The van der Waals surface area contributed by atoms with Crippen molar-refractivity contribution in [3.05, 3.63) is 70.9 Å². The lowest BCUT2D eigenvalue weighted by Gasteiger charge is -2.08. The summed E-state index contributed by atoms with van der Waals surface area (Å²) in [5.74, 6) is 0. The third-order valence-electron chi connectivity index (χ3n) is 3.82. The van der Waals surface area contributed by atoms with Crippen LogP contribution in [0.4, 0.5) is 0 Å². The van der Waals surface area contributed by atoms with Gasteiger partial charge in [0.1, 0.15) is 0 Å². The summed E-state index contributed by atoms with van der Waals surface area (Å²) in [7, 11) is 0. The molecular formula is C18H16N2. The van der Waals surface area contributed by atoms with Crippen LogP contribution in [-0.2, 0) is 6.54 Å². The average molecular weight is 260 g/mol. The molecule has 98 valence electrons. The molecule has 0 radical (unpaired) electrons. The third-order valence-corrected chi connectivity index (χ3v) is 3.82. The zero-order chi connectivity index (χ0) is 14.1. The van der Waals surface area contributed by atoms with Crippen molar-refractivity contribution in [2.45, 2.75) is 20.4 Å². The Kier molecular flexibility index (Phi) is 3.04. The van der Waals surface area contributed by atoms with Gasteiger partial charge in [-0.1, -0.05) is 18.2 Å². The van der Waals surface area contributed by atoms with Gasteiger partial charge in [-0.3, -0.25) is 0 Å². The molecule has 0 spiro atoms. The lowest BCUT2D eigenvalue weighted by molar-refractivity contribution is 0.835. The Morgan fingerprint density at radius 1 is 1.00 bits per heavy atom. The van der Waals surface area contributed by atoms with Crippen molar-refractivity contribution in [3.63, 3.8) is 0 Å². The first kappa shape index (κ1) is 12.5. The molecule has 0 saturated carbocycles. The Morgan fingerprint density at radius 2 is 1.85 bits per heavy atom. The molecule has 0 N–H and O–H groups in total. The fourth-order valence-corrected chi connectivity index (χ4v) is 2.51. The van der Waals surface area contributed by atoms with E-state index in [2.05, 4.69) is 54.9 Å². The van der Waals surface area contributed by atoms with Crippen LogP contribution in [0.5, 0.6) is 0 Å². The van der Waals surface area contributed by atoms with E-state index in [-0.39, 0.29) is 0 Å². The first-order valence-corrected chi connectivity index (χ1v) is 6.72. The molecule has 0 bridgehead atoms. The van der Waals surface area contributed by atoms with E-state index in [1.54, 1.807) is 0 Å². The highest BCUT2D eigenvalue weighted by molar-refractivity contribution is 5.81. The topological polar surface area (TPSA) is 28.7 Å². The monoisotopic (exact) mass is 260 g/mol. The van der Waals surface area contributed by atoms with Gasteiger partial charge < -0.3 is 4.57 Å². The zero-order valence-corrected chi connectivity index (χ0v) is 11.7. The van der Waals surface area contributed by atoms with E-state index in [1.807, 2.05) is 18.2 Å². The molecule has 3 aromatic rings. The number of nitrogens with zero attached hydrogens (tertiary/aromatic N) is 2. The maximum absolute atomic E-state index is 8.94. The number of rotatable bonds is 2. The molecule has 0 amide bonds. The first-order chi connectivity index (χ1) is 9.67. The highest BCUT2D eigenvalue weighted by atomic mass is 14.9. The number of benzene rings is 2. The van der Waals surface area contributed by atoms with Crippen LogP contribution in [0.1, 0.15) is 22.3 Å². The highest BCUT2D eigenvalue weighted by Crippen LogP contribution is 2.19. The van der Waals surface area contributed by atoms with Crippen LogP contribution in [0.25, 0.3) is 10.9 Å². The van der Waals surface area contributed by atoms with Gasteiger partial charge >= 0.3 is 0 Å². The predicted octanol–water partition coefficient (Wildman–Crippen LogP) is 4.18. The highest BCUT2D eigenvalue weighted by Gasteiger charge is 2.04. The number of fused-ring (bicyclic) bond motifs is 1. The van der Waals surface area contributed by atoms with E-state index in [0.717, 1.165) is 11.9 Å². The van der Waals surface area contributed by atoms with Crippen LogP contribution in [0.2, 0.25) is 0 Å². The summed E-state index contributed by atoms with van der Waals surface area (Å²) >= 11 is 0. The van der Waals surface area contributed by atoms with Crippen LogP contribution in [-0.4, -0.2) is 4.57 Å². The largest absolute Gasteiger partial charge is 0.343 e. The minimum absolute atomic E-state index is 0.710. The number of aromatic nitrogens is 1. The van der Waals surface area contributed by atoms with Crippen molar-refractivity contribution >= 4 is 10.9 Å². The minimum atomic E-state index is 0.710. The van der Waals surface area contributed by atoms with E-state index < -0.39 is 0 Å². The molecule has 2 heteroatoms. The van der Waals surface area contributed by atoms with Crippen molar-refractivity contribution < 1.29 is 0 Å². The summed E-state index contributed by atoms with van der Waals surface area (Å²) in [5, 5.41) is 10.1. The first-order valence-electron chi connectivity index (χ1n) is 6.72. The van der Waals surface area contributed by atoms with Gasteiger partial charge in [-0.25, -0.2) is 0 Å². The molecular weight excluding hydrogens is 244 g/mol. The molecule has 3 rings (SSSR count). The molecule has 0 aliphatic heterocycles. The van der Waals surface area contributed by atoms with Crippen molar-refractivity contribution in [2.75, 3.05) is 0 Å². The Morgan fingerprint density at radius 3 is 2.60 bits per heavy atom. The predicted molar refractivity (Wildman–Crippen MR) is 81.7 cm³/mol. The lowest BCUT2D eigenvalue weighted by atomic mass is 10.1. The van der Waals surface area contributed by atoms with E-state index in [9.17, 15) is 0 Å². The molecule has 2 nitrogen and oxygen atoms in total. The molecule has 0 fully saturated rings. The average Bonchev–Trinajstić information content (AvgIpc) is 2.85. The van der Waals surface area contributed by atoms with Crippen molar-refractivity contribution in [1.29, 1.82) is 5.26 Å². The number of hydrogen-bond acceptors (Lipinski definition) is 1. The van der Waals surface area contributed by atoms with Crippen molar-refractivity contribution in [3.8, 4) is 6.07 Å². The SMILES string of the molecule is Cc1ccc(Cn2ccc3cc(C#N)ccc32)cc1C. The fourth-order valence-electron chi connectivity index (χ4n) is 2.51. The summed E-state index contributed by atoms with van der Waals surface area (Å²) in [6.07, 6.45) is 2.08. The van der Waals surface area contributed by atoms with E-state index in [4.69, 9.17) is 5.26 Å². The molecule has 0 unspecified atom stereocenters. The second kappa shape index (κ2) is 4.86. The number of hydrogen-bond donors (Lipinski definition) is 0. The molecule has 2 aromatic carbocycles. The van der Waals surface area contributed by atoms with Crippen LogP contribution in [0, 0.1) is 25.2 Å². The zero-order valence-electron chi connectivity index (χ0n) is 11.7. The minimum Gasteiger partial charge on any atom is -0.343 e. The number of nitriles is 1. The van der Waals surface area contributed by atoms with Gasteiger partial charge in [0.2, 0.25) is 0 Å². The summed E-state index contributed by atoms with van der Waals surface area (Å²) in [4.78, 5) is 0. The van der Waals surface area contributed by atoms with Crippen molar-refractivity contribution in [1.82, 2.24) is 4.57 Å². The van der Waals surface area contributed by atoms with Gasteiger partial charge in [-0.15, -0.1) is 0 Å². The van der Waals surface area contributed by atoms with Gasteiger partial charge in [-0.2, -0.15) is 5.26 Å².